The molecule has 0 aromatic heterocycles. The maximum atomic E-state index is 12.5. The first-order valence-corrected chi connectivity index (χ1v) is 9.09. The zero-order chi connectivity index (χ0) is 13.9. The normalized spacial score (nSPS) is 19.2. The minimum atomic E-state index is 0.173. The second-order valence-corrected chi connectivity index (χ2v) is 9.17. The average molecular weight is 393 g/mol. The van der Waals surface area contributed by atoms with Crippen LogP contribution in [0.5, 0.6) is 0 Å². The van der Waals surface area contributed by atoms with Crippen molar-refractivity contribution < 1.29 is 4.79 Å². The summed E-state index contributed by atoms with van der Waals surface area (Å²) >= 11 is 3.36. The van der Waals surface area contributed by atoms with Gasteiger partial charge in [-0.05, 0) is 0 Å². The van der Waals surface area contributed by atoms with E-state index in [1.54, 1.807) is 0 Å². The quantitative estimate of drug-likeness (QED) is 0.717. The Morgan fingerprint density at radius 1 is 1.00 bits per heavy atom. The van der Waals surface area contributed by atoms with Crippen molar-refractivity contribution in [3.63, 3.8) is 0 Å². The fourth-order valence-corrected chi connectivity index (χ4v) is 6.20. The fourth-order valence-electron chi connectivity index (χ4n) is 2.25. The number of rotatable bonds is 2. The van der Waals surface area contributed by atoms with Crippen LogP contribution in [0.15, 0.2) is 60.7 Å². The summed E-state index contributed by atoms with van der Waals surface area (Å²) < 4.78 is 1.06. The summed E-state index contributed by atoms with van der Waals surface area (Å²) in [6.45, 7) is 0. The number of benzene rings is 2. The van der Waals surface area contributed by atoms with Crippen LogP contribution in [0, 0.1) is 0 Å². The molecule has 1 aliphatic heterocycles. The van der Waals surface area contributed by atoms with Crippen LogP contribution in [0.3, 0.4) is 0 Å². The third kappa shape index (κ3) is 2.79. The van der Waals surface area contributed by atoms with Crippen molar-refractivity contribution in [3.8, 4) is 0 Å². The van der Waals surface area contributed by atoms with Gasteiger partial charge in [-0.2, -0.15) is 0 Å². The van der Waals surface area contributed by atoms with Crippen molar-refractivity contribution in [1.82, 2.24) is 0 Å². The van der Waals surface area contributed by atoms with Gasteiger partial charge >= 0.3 is 133 Å². The number of hydrogen-bond acceptors (Lipinski definition) is 1. The Bertz CT molecular complexity index is 609. The second-order valence-electron chi connectivity index (χ2n) is 4.55. The Labute approximate surface area is 132 Å². The van der Waals surface area contributed by atoms with Crippen molar-refractivity contribution in [3.05, 3.63) is 66.2 Å². The molecule has 3 rings (SSSR count). The Kier molecular flexibility index (Phi) is 4.18. The van der Waals surface area contributed by atoms with Crippen molar-refractivity contribution >= 4 is 45.6 Å². The molecular formula is C16H13NOSe2. The molecule has 0 bridgehead atoms. The van der Waals surface area contributed by atoms with E-state index in [4.69, 9.17) is 0 Å². The molecule has 20 heavy (non-hydrogen) atoms. The molecule has 0 N–H and O–H groups in total. The topological polar surface area (TPSA) is 20.3 Å². The van der Waals surface area contributed by atoms with Gasteiger partial charge in [0.25, 0.3) is 0 Å². The minimum absolute atomic E-state index is 0.173. The van der Waals surface area contributed by atoms with Crippen LogP contribution in [-0.4, -0.2) is 39.9 Å². The van der Waals surface area contributed by atoms with Gasteiger partial charge in [-0.1, -0.05) is 0 Å². The van der Waals surface area contributed by atoms with Gasteiger partial charge in [0.2, 0.25) is 0 Å². The first kappa shape index (κ1) is 13.8. The number of carbonyl (C=O) groups excluding carboxylic acids is 1. The maximum absolute atomic E-state index is 12.5. The predicted octanol–water partition coefficient (Wildman–Crippen LogP) is 2.12. The molecule has 2 nitrogen and oxygen atoms in total. The van der Waals surface area contributed by atoms with E-state index in [1.165, 1.54) is 5.56 Å². The summed E-state index contributed by atoms with van der Waals surface area (Å²) in [7, 11) is 0. The van der Waals surface area contributed by atoms with Gasteiger partial charge in [0.1, 0.15) is 0 Å². The molecule has 2 aromatic carbocycles. The van der Waals surface area contributed by atoms with Gasteiger partial charge in [-0.25, -0.2) is 0 Å². The number of para-hydroxylation sites is 1. The molecule has 0 spiro atoms. The van der Waals surface area contributed by atoms with E-state index in [-0.39, 0.29) is 20.9 Å². The molecule has 1 saturated heterocycles. The average Bonchev–Trinajstić information content (AvgIpc) is 2.48. The number of nitrogens with zero attached hydrogens (tertiary/aromatic N) is 1. The molecule has 0 aliphatic carbocycles. The summed E-state index contributed by atoms with van der Waals surface area (Å²) in [5.41, 5.74) is 2.22. The molecule has 4 heteroatoms. The van der Waals surface area contributed by atoms with Crippen LogP contribution in [0.1, 0.15) is 16.8 Å². The molecule has 1 fully saturated rings. The van der Waals surface area contributed by atoms with E-state index in [1.807, 2.05) is 53.4 Å². The Hall–Kier alpha value is -1.18. The van der Waals surface area contributed by atoms with Crippen LogP contribution < -0.4 is 4.90 Å². The Morgan fingerprint density at radius 2 is 1.60 bits per heavy atom. The van der Waals surface area contributed by atoms with Gasteiger partial charge in [0, 0.05) is 0 Å². The first-order chi connectivity index (χ1) is 9.75. The molecule has 1 atom stereocenters. The van der Waals surface area contributed by atoms with Crippen molar-refractivity contribution in [2.75, 3.05) is 4.90 Å². The summed E-state index contributed by atoms with van der Waals surface area (Å²) in [4.78, 5) is 14.7. The van der Waals surface area contributed by atoms with Gasteiger partial charge in [-0.15, -0.1) is 0 Å². The van der Waals surface area contributed by atoms with E-state index in [2.05, 4.69) is 27.7 Å². The van der Waals surface area contributed by atoms with E-state index in [9.17, 15) is 4.79 Å². The van der Waals surface area contributed by atoms with E-state index in [0.717, 1.165) is 9.13 Å². The molecule has 1 amide bonds. The van der Waals surface area contributed by atoms with E-state index in [0.29, 0.717) is 11.2 Å². The van der Waals surface area contributed by atoms with Gasteiger partial charge < -0.3 is 0 Å². The molecule has 0 saturated carbocycles. The molecule has 1 unspecified atom stereocenters. The SMILES string of the molecule is O=C1CC(c2ccccc2)[Se]C(=[Se])N1c1ccccc1. The number of amides is 1. The molecular weight excluding hydrogens is 380 g/mol. The van der Waals surface area contributed by atoms with E-state index >= 15 is 0 Å². The van der Waals surface area contributed by atoms with Crippen LogP contribution >= 0.6 is 0 Å². The molecule has 1 aliphatic rings. The van der Waals surface area contributed by atoms with Crippen molar-refractivity contribution in [2.45, 2.75) is 11.2 Å². The first-order valence-electron chi connectivity index (χ1n) is 6.39. The van der Waals surface area contributed by atoms with Crippen LogP contribution in [0.2, 0.25) is 0 Å². The standard InChI is InChI=1S/C16H13NOSe2/c18-15-11-14(12-7-3-1-4-8-12)20-16(19)17(15)13-9-5-2-6-10-13/h1-10,14H,11H2. The van der Waals surface area contributed by atoms with E-state index < -0.39 is 0 Å². The number of carbonyl (C=O) groups is 1. The fraction of sp³-hybridized carbons (Fsp3) is 0.125. The third-order valence-corrected chi connectivity index (χ3v) is 6.98. The molecule has 1 heterocycles. The molecule has 0 radical (unpaired) electrons. The van der Waals surface area contributed by atoms with Gasteiger partial charge in [0.15, 0.2) is 0 Å². The van der Waals surface area contributed by atoms with Crippen molar-refractivity contribution in [2.24, 2.45) is 0 Å². The summed E-state index contributed by atoms with van der Waals surface area (Å²) in [5, 5.41) is 0. The molecule has 100 valence electrons. The summed E-state index contributed by atoms with van der Waals surface area (Å²) in [5.74, 6) is 0.173. The van der Waals surface area contributed by atoms with Crippen molar-refractivity contribution in [1.29, 1.82) is 0 Å². The number of hydrogen-bond donors (Lipinski definition) is 0. The number of anilines is 1. The summed E-state index contributed by atoms with van der Waals surface area (Å²) in [6, 6.07) is 20.2. The van der Waals surface area contributed by atoms with Crippen LogP contribution in [0.4, 0.5) is 5.69 Å². The van der Waals surface area contributed by atoms with Crippen LogP contribution in [0.25, 0.3) is 0 Å². The third-order valence-electron chi connectivity index (χ3n) is 3.22. The summed E-state index contributed by atoms with van der Waals surface area (Å²) in [6.07, 6.45) is 0.587. The monoisotopic (exact) mass is 395 g/mol. The van der Waals surface area contributed by atoms with Crippen LogP contribution in [-0.2, 0) is 4.79 Å². The zero-order valence-electron chi connectivity index (χ0n) is 10.7. The second kappa shape index (κ2) is 6.07. The predicted molar refractivity (Wildman–Crippen MR) is 84.2 cm³/mol. The Morgan fingerprint density at radius 3 is 2.20 bits per heavy atom. The zero-order valence-corrected chi connectivity index (χ0v) is 14.2. The van der Waals surface area contributed by atoms with Gasteiger partial charge in [-0.3, -0.25) is 0 Å². The Balaban J connectivity index is 1.84. The van der Waals surface area contributed by atoms with Gasteiger partial charge in [0.05, 0.1) is 0 Å². The molecule has 2 aromatic rings.